The summed E-state index contributed by atoms with van der Waals surface area (Å²) in [5.74, 6) is -1.35. The van der Waals surface area contributed by atoms with E-state index >= 15 is 0 Å². The minimum atomic E-state index is -1.07. The van der Waals surface area contributed by atoms with E-state index in [4.69, 9.17) is 16.7 Å². The zero-order valence-corrected chi connectivity index (χ0v) is 11.4. The van der Waals surface area contributed by atoms with Crippen LogP contribution in [0.15, 0.2) is 30.3 Å². The molecule has 1 aromatic carbocycles. The van der Waals surface area contributed by atoms with Gasteiger partial charge in [-0.1, -0.05) is 24.6 Å². The Hall–Kier alpha value is -2.14. The zero-order chi connectivity index (χ0) is 14.7. The molecule has 0 saturated heterocycles. The molecule has 0 unspecified atom stereocenters. The number of rotatable bonds is 4. The molecule has 0 aliphatic carbocycles. The van der Waals surface area contributed by atoms with Gasteiger partial charge in [-0.25, -0.2) is 14.2 Å². The standard InChI is InChI=1S/C14H12ClFN2O2/c1-2-9-6-8(14(19)20)7-12(17-9)18-13-10(15)4-3-5-11(13)16/h3-7H,2H2,1H3,(H,17,18)(H,19,20). The van der Waals surface area contributed by atoms with Crippen LogP contribution in [0.25, 0.3) is 0 Å². The van der Waals surface area contributed by atoms with Crippen LogP contribution in [0.1, 0.15) is 23.0 Å². The molecule has 0 aliphatic heterocycles. The van der Waals surface area contributed by atoms with Crippen molar-refractivity contribution < 1.29 is 14.3 Å². The van der Waals surface area contributed by atoms with Crippen LogP contribution in [-0.2, 0) is 6.42 Å². The molecule has 20 heavy (non-hydrogen) atoms. The van der Waals surface area contributed by atoms with Crippen molar-refractivity contribution in [3.63, 3.8) is 0 Å². The highest BCUT2D eigenvalue weighted by atomic mass is 35.5. The number of hydrogen-bond acceptors (Lipinski definition) is 3. The quantitative estimate of drug-likeness (QED) is 0.898. The summed E-state index contributed by atoms with van der Waals surface area (Å²) in [6.07, 6.45) is 0.570. The number of nitrogens with one attached hydrogen (secondary N) is 1. The third kappa shape index (κ3) is 3.05. The Kier molecular flexibility index (Phi) is 4.20. The molecule has 0 spiro atoms. The molecule has 0 aliphatic rings. The van der Waals surface area contributed by atoms with Gasteiger partial charge in [-0.2, -0.15) is 0 Å². The van der Waals surface area contributed by atoms with Crippen molar-refractivity contribution in [1.29, 1.82) is 0 Å². The van der Waals surface area contributed by atoms with Crippen LogP contribution in [0.2, 0.25) is 5.02 Å². The summed E-state index contributed by atoms with van der Waals surface area (Å²) in [6.45, 7) is 1.85. The Morgan fingerprint density at radius 3 is 2.80 bits per heavy atom. The van der Waals surface area contributed by atoms with Gasteiger partial charge in [-0.05, 0) is 30.7 Å². The molecule has 0 amide bonds. The topological polar surface area (TPSA) is 62.2 Å². The Morgan fingerprint density at radius 1 is 1.45 bits per heavy atom. The molecule has 4 nitrogen and oxygen atoms in total. The zero-order valence-electron chi connectivity index (χ0n) is 10.7. The van der Waals surface area contributed by atoms with Crippen LogP contribution < -0.4 is 5.32 Å². The van der Waals surface area contributed by atoms with Crippen LogP contribution in [0.3, 0.4) is 0 Å². The van der Waals surface area contributed by atoms with Crippen LogP contribution in [0, 0.1) is 5.82 Å². The summed E-state index contributed by atoms with van der Waals surface area (Å²) in [7, 11) is 0. The normalized spacial score (nSPS) is 10.3. The van der Waals surface area contributed by atoms with Crippen molar-refractivity contribution in [2.75, 3.05) is 5.32 Å². The van der Waals surface area contributed by atoms with E-state index in [-0.39, 0.29) is 22.1 Å². The first-order valence-electron chi connectivity index (χ1n) is 5.96. The van der Waals surface area contributed by atoms with E-state index in [0.717, 1.165) is 0 Å². The van der Waals surface area contributed by atoms with E-state index in [1.165, 1.54) is 30.3 Å². The molecule has 1 aromatic heterocycles. The first kappa shape index (κ1) is 14.3. The Morgan fingerprint density at radius 2 is 2.20 bits per heavy atom. The second-order valence-electron chi connectivity index (χ2n) is 4.11. The maximum Gasteiger partial charge on any atom is 0.335 e. The minimum absolute atomic E-state index is 0.0752. The van der Waals surface area contributed by atoms with Gasteiger partial charge in [-0.15, -0.1) is 0 Å². The van der Waals surface area contributed by atoms with Crippen molar-refractivity contribution in [3.8, 4) is 0 Å². The minimum Gasteiger partial charge on any atom is -0.478 e. The number of carboxylic acid groups (broad SMARTS) is 1. The predicted octanol–water partition coefficient (Wildman–Crippen LogP) is 3.88. The molecule has 104 valence electrons. The van der Waals surface area contributed by atoms with Crippen LogP contribution >= 0.6 is 11.6 Å². The number of carbonyl (C=O) groups is 1. The lowest BCUT2D eigenvalue weighted by atomic mass is 10.2. The van der Waals surface area contributed by atoms with E-state index in [9.17, 15) is 9.18 Å². The molecule has 2 N–H and O–H groups in total. The number of aromatic nitrogens is 1. The van der Waals surface area contributed by atoms with E-state index < -0.39 is 11.8 Å². The number of hydrogen-bond donors (Lipinski definition) is 2. The maximum absolute atomic E-state index is 13.7. The molecule has 6 heteroatoms. The Bertz CT molecular complexity index is 641. The third-order valence-electron chi connectivity index (χ3n) is 2.70. The number of carboxylic acids is 1. The van der Waals surface area contributed by atoms with Gasteiger partial charge in [0.1, 0.15) is 11.6 Å². The smallest absolute Gasteiger partial charge is 0.335 e. The Labute approximate surface area is 120 Å². The highest BCUT2D eigenvalue weighted by molar-refractivity contribution is 6.33. The summed E-state index contributed by atoms with van der Waals surface area (Å²) in [4.78, 5) is 15.3. The first-order valence-corrected chi connectivity index (χ1v) is 6.34. The summed E-state index contributed by atoms with van der Waals surface area (Å²) in [5.41, 5.74) is 0.762. The lowest BCUT2D eigenvalue weighted by Crippen LogP contribution is -2.04. The van der Waals surface area contributed by atoms with Gasteiger partial charge < -0.3 is 10.4 Å². The van der Waals surface area contributed by atoms with Gasteiger partial charge in [0, 0.05) is 5.69 Å². The highest BCUT2D eigenvalue weighted by Gasteiger charge is 2.11. The van der Waals surface area contributed by atoms with Crippen molar-refractivity contribution >= 4 is 29.1 Å². The average molecular weight is 295 g/mol. The number of para-hydroxylation sites is 1. The number of halogens is 2. The second-order valence-corrected chi connectivity index (χ2v) is 4.52. The van der Waals surface area contributed by atoms with E-state index in [0.29, 0.717) is 12.1 Å². The number of pyridine rings is 1. The molecule has 0 saturated carbocycles. The Balaban J connectivity index is 2.43. The van der Waals surface area contributed by atoms with Gasteiger partial charge in [0.05, 0.1) is 16.3 Å². The van der Waals surface area contributed by atoms with Crippen molar-refractivity contribution in [2.24, 2.45) is 0 Å². The highest BCUT2D eigenvalue weighted by Crippen LogP contribution is 2.27. The fourth-order valence-corrected chi connectivity index (χ4v) is 1.91. The molecule has 2 aromatic rings. The van der Waals surface area contributed by atoms with Gasteiger partial charge in [0.2, 0.25) is 0 Å². The fourth-order valence-electron chi connectivity index (χ4n) is 1.70. The molecular weight excluding hydrogens is 283 g/mol. The number of aromatic carboxylic acids is 1. The summed E-state index contributed by atoms with van der Waals surface area (Å²) >= 11 is 5.91. The SMILES string of the molecule is CCc1cc(C(=O)O)cc(Nc2c(F)cccc2Cl)n1. The van der Waals surface area contributed by atoms with Crippen molar-refractivity contribution in [2.45, 2.75) is 13.3 Å². The third-order valence-corrected chi connectivity index (χ3v) is 3.02. The number of nitrogens with zero attached hydrogens (tertiary/aromatic N) is 1. The van der Waals surface area contributed by atoms with Crippen molar-refractivity contribution in [1.82, 2.24) is 4.98 Å². The van der Waals surface area contributed by atoms with E-state index in [2.05, 4.69) is 10.3 Å². The first-order chi connectivity index (χ1) is 9.51. The molecule has 0 bridgehead atoms. The molecular formula is C14H12ClFN2O2. The summed E-state index contributed by atoms with van der Waals surface area (Å²) in [6, 6.07) is 7.10. The molecule has 0 fully saturated rings. The van der Waals surface area contributed by atoms with E-state index in [1.54, 1.807) is 0 Å². The number of benzene rings is 1. The van der Waals surface area contributed by atoms with E-state index in [1.807, 2.05) is 6.92 Å². The summed E-state index contributed by atoms with van der Waals surface area (Å²) in [5, 5.41) is 12.0. The average Bonchev–Trinajstić information content (AvgIpc) is 2.42. The van der Waals surface area contributed by atoms with Gasteiger partial charge >= 0.3 is 5.97 Å². The van der Waals surface area contributed by atoms with Crippen LogP contribution in [0.5, 0.6) is 0 Å². The molecule has 2 rings (SSSR count). The fraction of sp³-hybridized carbons (Fsp3) is 0.143. The largest absolute Gasteiger partial charge is 0.478 e. The van der Waals surface area contributed by atoms with Gasteiger partial charge in [-0.3, -0.25) is 0 Å². The maximum atomic E-state index is 13.7. The lowest BCUT2D eigenvalue weighted by Gasteiger charge is -2.10. The molecule has 1 heterocycles. The second kappa shape index (κ2) is 5.88. The molecule has 0 atom stereocenters. The summed E-state index contributed by atoms with van der Waals surface area (Å²) < 4.78 is 13.7. The number of aryl methyl sites for hydroxylation is 1. The van der Waals surface area contributed by atoms with Gasteiger partial charge in [0.25, 0.3) is 0 Å². The van der Waals surface area contributed by atoms with Crippen LogP contribution in [-0.4, -0.2) is 16.1 Å². The van der Waals surface area contributed by atoms with Crippen LogP contribution in [0.4, 0.5) is 15.9 Å². The monoisotopic (exact) mass is 294 g/mol. The number of anilines is 2. The van der Waals surface area contributed by atoms with Crippen molar-refractivity contribution in [3.05, 3.63) is 52.4 Å². The molecule has 0 radical (unpaired) electrons. The van der Waals surface area contributed by atoms with Gasteiger partial charge in [0.15, 0.2) is 0 Å². The predicted molar refractivity (Wildman–Crippen MR) is 75.3 cm³/mol. The lowest BCUT2D eigenvalue weighted by molar-refractivity contribution is 0.0696.